The molecule has 2 rings (SSSR count). The maximum absolute atomic E-state index is 12.2. The Kier molecular flexibility index (Phi) is 7.09. The predicted molar refractivity (Wildman–Crippen MR) is 102 cm³/mol. The highest BCUT2D eigenvalue weighted by Crippen LogP contribution is 2.17. The molecule has 5 nitrogen and oxygen atoms in total. The van der Waals surface area contributed by atoms with Crippen LogP contribution in [0.5, 0.6) is 0 Å². The lowest BCUT2D eigenvalue weighted by atomic mass is 10.1. The number of hydrogen-bond donors (Lipinski definition) is 1. The maximum Gasteiger partial charge on any atom is 0.240 e. The van der Waals surface area contributed by atoms with Gasteiger partial charge in [-0.1, -0.05) is 42.5 Å². The number of amides is 2. The lowest BCUT2D eigenvalue weighted by Gasteiger charge is -2.21. The summed E-state index contributed by atoms with van der Waals surface area (Å²) in [6.07, 6.45) is 1.72. The van der Waals surface area contributed by atoms with Gasteiger partial charge in [-0.2, -0.15) is 0 Å². The zero-order valence-electron chi connectivity index (χ0n) is 15.2. The van der Waals surface area contributed by atoms with E-state index in [9.17, 15) is 14.4 Å². The molecular weight excluding hydrogens is 328 g/mol. The molecule has 1 N–H and O–H groups in total. The molecule has 0 fully saturated rings. The van der Waals surface area contributed by atoms with Gasteiger partial charge in [-0.05, 0) is 37.5 Å². The number of nitrogens with one attached hydrogen (secondary N) is 1. The molecule has 0 heterocycles. The standard InChI is InChI=1S/C21H24N2O3/c1-16(24)19-11-6-12-20(14-19)23(17(2)25)15-21(26)22-13-7-10-18-8-4-3-5-9-18/h3-6,8-9,11-12,14H,7,10,13,15H2,1-2H3,(H,22,26). The number of rotatable bonds is 8. The lowest BCUT2D eigenvalue weighted by Crippen LogP contribution is -2.40. The number of benzene rings is 2. The van der Waals surface area contributed by atoms with E-state index < -0.39 is 0 Å². The van der Waals surface area contributed by atoms with E-state index in [2.05, 4.69) is 17.4 Å². The second kappa shape index (κ2) is 9.51. The maximum atomic E-state index is 12.2. The molecule has 0 aliphatic heterocycles. The minimum Gasteiger partial charge on any atom is -0.355 e. The first-order valence-corrected chi connectivity index (χ1v) is 8.67. The summed E-state index contributed by atoms with van der Waals surface area (Å²) in [5.74, 6) is -0.549. The van der Waals surface area contributed by atoms with E-state index in [0.717, 1.165) is 12.8 Å². The number of nitrogens with zero attached hydrogens (tertiary/aromatic N) is 1. The van der Waals surface area contributed by atoms with Crippen molar-refractivity contribution in [3.8, 4) is 0 Å². The summed E-state index contributed by atoms with van der Waals surface area (Å²) in [6.45, 7) is 3.36. The summed E-state index contributed by atoms with van der Waals surface area (Å²) in [5.41, 5.74) is 2.29. The van der Waals surface area contributed by atoms with Crippen LogP contribution >= 0.6 is 0 Å². The van der Waals surface area contributed by atoms with Crippen LogP contribution in [0, 0.1) is 0 Å². The van der Waals surface area contributed by atoms with E-state index in [4.69, 9.17) is 0 Å². The summed E-state index contributed by atoms with van der Waals surface area (Å²) < 4.78 is 0. The SMILES string of the molecule is CC(=O)c1cccc(N(CC(=O)NCCCc2ccccc2)C(C)=O)c1. The second-order valence-corrected chi connectivity index (χ2v) is 6.15. The Morgan fingerprint density at radius 3 is 2.35 bits per heavy atom. The largest absolute Gasteiger partial charge is 0.355 e. The number of hydrogen-bond acceptors (Lipinski definition) is 3. The van der Waals surface area contributed by atoms with Crippen LogP contribution in [0.3, 0.4) is 0 Å². The Bertz CT molecular complexity index is 772. The molecule has 0 aliphatic carbocycles. The molecule has 0 spiro atoms. The van der Waals surface area contributed by atoms with Crippen molar-refractivity contribution < 1.29 is 14.4 Å². The molecule has 0 atom stereocenters. The van der Waals surface area contributed by atoms with E-state index in [1.165, 1.54) is 24.3 Å². The lowest BCUT2D eigenvalue weighted by molar-refractivity contribution is -0.123. The fourth-order valence-corrected chi connectivity index (χ4v) is 2.64. The second-order valence-electron chi connectivity index (χ2n) is 6.15. The van der Waals surface area contributed by atoms with E-state index in [1.807, 2.05) is 18.2 Å². The molecule has 26 heavy (non-hydrogen) atoms. The molecule has 0 saturated carbocycles. The van der Waals surface area contributed by atoms with E-state index in [0.29, 0.717) is 17.8 Å². The average molecular weight is 352 g/mol. The molecule has 2 aromatic rings. The number of aryl methyl sites for hydroxylation is 1. The van der Waals surface area contributed by atoms with Crippen molar-refractivity contribution >= 4 is 23.3 Å². The van der Waals surface area contributed by atoms with Crippen molar-refractivity contribution in [1.82, 2.24) is 5.32 Å². The van der Waals surface area contributed by atoms with Gasteiger partial charge < -0.3 is 10.2 Å². The molecule has 136 valence electrons. The van der Waals surface area contributed by atoms with Crippen LogP contribution < -0.4 is 10.2 Å². The van der Waals surface area contributed by atoms with Gasteiger partial charge in [0.25, 0.3) is 0 Å². The number of ketones is 1. The van der Waals surface area contributed by atoms with Gasteiger partial charge in [0.05, 0.1) is 0 Å². The van der Waals surface area contributed by atoms with E-state index >= 15 is 0 Å². The van der Waals surface area contributed by atoms with Gasteiger partial charge in [0, 0.05) is 24.7 Å². The van der Waals surface area contributed by atoms with Crippen LogP contribution in [0.4, 0.5) is 5.69 Å². The van der Waals surface area contributed by atoms with Crippen molar-refractivity contribution in [3.05, 3.63) is 65.7 Å². The normalized spacial score (nSPS) is 10.2. The molecule has 0 bridgehead atoms. The summed E-state index contributed by atoms with van der Waals surface area (Å²) in [5, 5.41) is 2.85. The quantitative estimate of drug-likeness (QED) is 0.587. The Morgan fingerprint density at radius 2 is 1.69 bits per heavy atom. The van der Waals surface area contributed by atoms with Crippen molar-refractivity contribution in [2.45, 2.75) is 26.7 Å². The molecular formula is C21H24N2O3. The number of Topliss-reactive ketones (excluding diaryl/α,β-unsaturated/α-hetero) is 1. The molecule has 0 unspecified atom stereocenters. The summed E-state index contributed by atoms with van der Waals surface area (Å²) in [7, 11) is 0. The van der Waals surface area contributed by atoms with Gasteiger partial charge in [0.1, 0.15) is 6.54 Å². The molecule has 0 saturated heterocycles. The van der Waals surface area contributed by atoms with Gasteiger partial charge in [0.2, 0.25) is 11.8 Å². The topological polar surface area (TPSA) is 66.5 Å². The smallest absolute Gasteiger partial charge is 0.240 e. The minimum atomic E-state index is -0.245. The third-order valence-electron chi connectivity index (χ3n) is 4.05. The minimum absolute atomic E-state index is 0.0674. The molecule has 2 amide bonds. The van der Waals surface area contributed by atoms with Crippen LogP contribution in [-0.2, 0) is 16.0 Å². The van der Waals surface area contributed by atoms with Crippen molar-refractivity contribution in [2.75, 3.05) is 18.0 Å². The van der Waals surface area contributed by atoms with Gasteiger partial charge in [-0.15, -0.1) is 0 Å². The highest BCUT2D eigenvalue weighted by molar-refractivity contribution is 6.00. The summed E-state index contributed by atoms with van der Waals surface area (Å²) in [4.78, 5) is 37.0. The fourth-order valence-electron chi connectivity index (χ4n) is 2.64. The van der Waals surface area contributed by atoms with Gasteiger partial charge in [0.15, 0.2) is 5.78 Å². The third-order valence-corrected chi connectivity index (χ3v) is 4.05. The first kappa shape index (κ1) is 19.4. The molecule has 0 aromatic heterocycles. The molecule has 5 heteroatoms. The molecule has 2 aromatic carbocycles. The number of carbonyl (C=O) groups is 3. The Labute approximate surface area is 154 Å². The Balaban J connectivity index is 1.89. The molecule has 0 aliphatic rings. The van der Waals surface area contributed by atoms with Gasteiger partial charge >= 0.3 is 0 Å². The van der Waals surface area contributed by atoms with Crippen molar-refractivity contribution in [1.29, 1.82) is 0 Å². The Morgan fingerprint density at radius 1 is 0.962 bits per heavy atom. The first-order chi connectivity index (χ1) is 12.5. The Hall–Kier alpha value is -2.95. The average Bonchev–Trinajstić information content (AvgIpc) is 2.64. The number of anilines is 1. The van der Waals surface area contributed by atoms with Crippen LogP contribution in [0.15, 0.2) is 54.6 Å². The zero-order chi connectivity index (χ0) is 18.9. The van der Waals surface area contributed by atoms with Crippen LogP contribution in [0.25, 0.3) is 0 Å². The monoisotopic (exact) mass is 352 g/mol. The van der Waals surface area contributed by atoms with Crippen LogP contribution in [0.1, 0.15) is 36.2 Å². The third kappa shape index (κ3) is 5.84. The van der Waals surface area contributed by atoms with Gasteiger partial charge in [-0.3, -0.25) is 14.4 Å². The van der Waals surface area contributed by atoms with E-state index in [1.54, 1.807) is 24.3 Å². The van der Waals surface area contributed by atoms with Crippen LogP contribution in [-0.4, -0.2) is 30.7 Å². The fraction of sp³-hybridized carbons (Fsp3) is 0.286. The molecule has 0 radical (unpaired) electrons. The highest BCUT2D eigenvalue weighted by atomic mass is 16.2. The van der Waals surface area contributed by atoms with Crippen molar-refractivity contribution in [2.24, 2.45) is 0 Å². The van der Waals surface area contributed by atoms with Gasteiger partial charge in [-0.25, -0.2) is 0 Å². The first-order valence-electron chi connectivity index (χ1n) is 8.67. The zero-order valence-corrected chi connectivity index (χ0v) is 15.2. The van der Waals surface area contributed by atoms with Crippen molar-refractivity contribution in [3.63, 3.8) is 0 Å². The van der Waals surface area contributed by atoms with E-state index in [-0.39, 0.29) is 24.1 Å². The summed E-state index contributed by atoms with van der Waals surface area (Å²) in [6, 6.07) is 16.8. The van der Waals surface area contributed by atoms with Crippen LogP contribution in [0.2, 0.25) is 0 Å². The predicted octanol–water partition coefficient (Wildman–Crippen LogP) is 2.99. The summed E-state index contributed by atoms with van der Waals surface area (Å²) >= 11 is 0. The highest BCUT2D eigenvalue weighted by Gasteiger charge is 2.16. The number of carbonyl (C=O) groups excluding carboxylic acids is 3.